The quantitative estimate of drug-likeness (QED) is 0.456. The summed E-state index contributed by atoms with van der Waals surface area (Å²) in [4.78, 5) is 0. The summed E-state index contributed by atoms with van der Waals surface area (Å²) in [6.45, 7) is 0. The van der Waals surface area contributed by atoms with E-state index in [1.54, 1.807) is 0 Å². The van der Waals surface area contributed by atoms with Gasteiger partial charge in [0.15, 0.2) is 0 Å². The molecule has 0 N–H and O–H groups in total. The predicted molar refractivity (Wildman–Crippen MR) is 0 cm³/mol. The Kier molecular flexibility index (Phi) is 219. The number of hydrogen-bond acceptors (Lipinski definition) is 0. The minimum atomic E-state index is 0. The first-order valence-corrected chi connectivity index (χ1v) is 0. The Hall–Kier alpha value is 3.26. The van der Waals surface area contributed by atoms with Crippen LogP contribution < -0.4 is 0 Å². The molecule has 0 aliphatic carbocycles. The molecule has 0 aliphatic heterocycles. The van der Waals surface area contributed by atoms with Gasteiger partial charge in [-0.1, -0.05) is 0 Å². The molecule has 0 aliphatic rings. The molecule has 5 radical (unpaired) electrons. The molecule has 0 spiro atoms. The number of rotatable bonds is 0. The summed E-state index contributed by atoms with van der Waals surface area (Å²) in [5, 5.41) is 0. The van der Waals surface area contributed by atoms with E-state index in [0.29, 0.717) is 0 Å². The van der Waals surface area contributed by atoms with E-state index >= 15 is 0 Å². The molecular weight excluding hydrogens is 451 g/mol. The Morgan fingerprint density at radius 2 is 0.400 bits per heavy atom. The van der Waals surface area contributed by atoms with E-state index in [2.05, 4.69) is 0 Å². The van der Waals surface area contributed by atoms with Gasteiger partial charge in [0, 0.05) is 101 Å². The molecule has 0 saturated heterocycles. The Morgan fingerprint density at radius 1 is 0.400 bits per heavy atom. The minimum absolute atomic E-state index is 0. The zero-order valence-corrected chi connectivity index (χ0v) is 7.84. The van der Waals surface area contributed by atoms with Crippen molar-refractivity contribution in [1.82, 2.24) is 0 Å². The van der Waals surface area contributed by atoms with Gasteiger partial charge in [-0.25, -0.2) is 0 Å². The summed E-state index contributed by atoms with van der Waals surface area (Å²) >= 11 is 0. The molecule has 0 unspecified atom stereocenters. The van der Waals surface area contributed by atoms with Crippen molar-refractivity contribution in [2.75, 3.05) is 0 Å². The molecule has 5 heavy (non-hydrogen) atoms. The van der Waals surface area contributed by atoms with Gasteiger partial charge in [0.25, 0.3) is 0 Å². The van der Waals surface area contributed by atoms with Gasteiger partial charge in [-0.05, 0) is 0 Å². The van der Waals surface area contributed by atoms with Crippen molar-refractivity contribution in [3.05, 3.63) is 0 Å². The standard InChI is InChI=1S/3Ag.2Cu. The molecule has 0 nitrogen and oxygen atoms in total. The van der Waals surface area contributed by atoms with Crippen molar-refractivity contribution in [2.45, 2.75) is 0 Å². The van der Waals surface area contributed by atoms with E-state index in [9.17, 15) is 0 Å². The van der Waals surface area contributed by atoms with E-state index < -0.39 is 0 Å². The maximum Gasteiger partial charge on any atom is 0 e. The minimum Gasteiger partial charge on any atom is 0 e. The molecule has 0 rings (SSSR count). The van der Waals surface area contributed by atoms with E-state index in [4.69, 9.17) is 0 Å². The average Bonchev–Trinajstić information content (AvgIpc) is 0. The van der Waals surface area contributed by atoms with Crippen LogP contribution in [0, 0.1) is 0 Å². The van der Waals surface area contributed by atoms with Crippen molar-refractivity contribution in [2.24, 2.45) is 0 Å². The van der Waals surface area contributed by atoms with Crippen LogP contribution in [-0.2, 0) is 101 Å². The van der Waals surface area contributed by atoms with E-state index in [1.807, 2.05) is 0 Å². The van der Waals surface area contributed by atoms with Crippen LogP contribution in [0.25, 0.3) is 0 Å². The molecule has 0 aromatic rings. The first-order chi connectivity index (χ1) is 0. The first kappa shape index (κ1) is 41.0. The largest absolute Gasteiger partial charge is 0 e. The Balaban J connectivity index is 0. The molecule has 0 heterocycles. The van der Waals surface area contributed by atoms with Crippen molar-refractivity contribution in [3.8, 4) is 0 Å². The van der Waals surface area contributed by atoms with Gasteiger partial charge < -0.3 is 0 Å². The van der Waals surface area contributed by atoms with Crippen molar-refractivity contribution in [3.63, 3.8) is 0 Å². The van der Waals surface area contributed by atoms with Crippen LogP contribution in [0.2, 0.25) is 0 Å². The molecule has 5 heteroatoms. The van der Waals surface area contributed by atoms with Gasteiger partial charge in [-0.2, -0.15) is 0 Å². The topological polar surface area (TPSA) is 0 Å². The predicted octanol–water partition coefficient (Wildman–Crippen LogP) is -0.0125. The molecule has 55 valence electrons. The summed E-state index contributed by atoms with van der Waals surface area (Å²) < 4.78 is 0. The van der Waals surface area contributed by atoms with E-state index in [-0.39, 0.29) is 101 Å². The molecule has 0 fully saturated rings. The zero-order valence-electron chi connectivity index (χ0n) is 1.51. The normalized spacial score (nSPS) is 0. The molecular formula is Ag3Cu2. The summed E-state index contributed by atoms with van der Waals surface area (Å²) in [6, 6.07) is 0. The van der Waals surface area contributed by atoms with Gasteiger partial charge >= 0.3 is 0 Å². The molecule has 0 bridgehead atoms. The van der Waals surface area contributed by atoms with Crippen LogP contribution in [0.15, 0.2) is 0 Å². The van der Waals surface area contributed by atoms with Crippen LogP contribution in [0.5, 0.6) is 0 Å². The summed E-state index contributed by atoms with van der Waals surface area (Å²) in [6.07, 6.45) is 0. The van der Waals surface area contributed by atoms with Crippen LogP contribution in [0.1, 0.15) is 0 Å². The van der Waals surface area contributed by atoms with Gasteiger partial charge in [0.1, 0.15) is 0 Å². The van der Waals surface area contributed by atoms with Gasteiger partial charge in [0.05, 0.1) is 0 Å². The fourth-order valence-corrected chi connectivity index (χ4v) is 0. The van der Waals surface area contributed by atoms with Crippen molar-refractivity contribution < 1.29 is 101 Å². The maximum absolute atomic E-state index is 0. The third-order valence-corrected chi connectivity index (χ3v) is 0. The monoisotopic (exact) mass is 447 g/mol. The van der Waals surface area contributed by atoms with Crippen LogP contribution >= 0.6 is 0 Å². The average molecular weight is 451 g/mol. The maximum atomic E-state index is 0. The summed E-state index contributed by atoms with van der Waals surface area (Å²) in [5.74, 6) is 0. The second-order valence-corrected chi connectivity index (χ2v) is 0. The molecule has 0 aromatic carbocycles. The molecule has 0 saturated carbocycles. The SMILES string of the molecule is [Ag].[Ag].[Ag].[Cu].[Cu]. The summed E-state index contributed by atoms with van der Waals surface area (Å²) in [7, 11) is 0. The number of hydrogen-bond donors (Lipinski definition) is 0. The van der Waals surface area contributed by atoms with Gasteiger partial charge in [0.2, 0.25) is 0 Å². The van der Waals surface area contributed by atoms with Crippen molar-refractivity contribution >= 4 is 0 Å². The summed E-state index contributed by atoms with van der Waals surface area (Å²) in [5.41, 5.74) is 0. The second-order valence-electron chi connectivity index (χ2n) is 0. The fourth-order valence-electron chi connectivity index (χ4n) is 0. The third-order valence-electron chi connectivity index (χ3n) is 0. The van der Waals surface area contributed by atoms with E-state index in [1.165, 1.54) is 0 Å². The zero-order chi connectivity index (χ0) is 0. The van der Waals surface area contributed by atoms with Gasteiger partial charge in [-0.15, -0.1) is 0 Å². The van der Waals surface area contributed by atoms with Gasteiger partial charge in [-0.3, -0.25) is 0 Å². The third kappa shape index (κ3) is 18.9. The van der Waals surface area contributed by atoms with Crippen molar-refractivity contribution in [1.29, 1.82) is 0 Å². The Bertz CT molecular complexity index is 4.85. The molecule has 0 amide bonds. The molecule has 0 aromatic heterocycles. The first-order valence-electron chi connectivity index (χ1n) is 0. The van der Waals surface area contributed by atoms with Crippen LogP contribution in [0.3, 0.4) is 0 Å². The van der Waals surface area contributed by atoms with E-state index in [0.717, 1.165) is 0 Å². The molecule has 0 atom stereocenters. The Morgan fingerprint density at radius 3 is 0.400 bits per heavy atom. The second kappa shape index (κ2) is 26.8. The van der Waals surface area contributed by atoms with Crippen LogP contribution in [-0.4, -0.2) is 0 Å². The fraction of sp³-hybridized carbons (Fsp3) is 0. The van der Waals surface area contributed by atoms with Crippen LogP contribution in [0.4, 0.5) is 0 Å². The Labute approximate surface area is 99.5 Å². The smallest absolute Gasteiger partial charge is 0 e.